The van der Waals surface area contributed by atoms with Gasteiger partial charge in [0.1, 0.15) is 17.2 Å². The largest absolute Gasteiger partial charge is 0.573 e. The lowest BCUT2D eigenvalue weighted by Gasteiger charge is -2.14. The number of alkyl halides is 3. The molecule has 2 aromatic carbocycles. The molecule has 2 N–H and O–H groups in total. The fraction of sp³-hybridized carbons (Fsp3) is 0.100. The van der Waals surface area contributed by atoms with Gasteiger partial charge < -0.3 is 19.8 Å². The molecule has 6 nitrogen and oxygen atoms in total. The number of aromatic nitrogens is 1. The number of carbonyl (C=O) groups is 1. The molecule has 1 amide bonds. The molecule has 0 saturated heterocycles. The lowest BCUT2D eigenvalue weighted by atomic mass is 10.1. The molecule has 150 valence electrons. The maximum absolute atomic E-state index is 12.7. The molecule has 3 aromatic rings. The number of pyridine rings is 1. The fourth-order valence-corrected chi connectivity index (χ4v) is 2.43. The van der Waals surface area contributed by atoms with Gasteiger partial charge in [-0.25, -0.2) is 0 Å². The fourth-order valence-electron chi connectivity index (χ4n) is 2.43. The average molecular weight is 404 g/mol. The molecule has 0 unspecified atom stereocenters. The molecule has 0 aliphatic rings. The van der Waals surface area contributed by atoms with Gasteiger partial charge in [0.25, 0.3) is 5.91 Å². The van der Waals surface area contributed by atoms with E-state index in [0.29, 0.717) is 5.75 Å². The van der Waals surface area contributed by atoms with E-state index < -0.39 is 23.6 Å². The summed E-state index contributed by atoms with van der Waals surface area (Å²) in [5, 5.41) is 2.45. The Morgan fingerprint density at radius 2 is 1.69 bits per heavy atom. The van der Waals surface area contributed by atoms with E-state index in [-0.39, 0.29) is 17.0 Å². The zero-order valence-electron chi connectivity index (χ0n) is 15.0. The number of ether oxygens (including phenoxy) is 2. The third-order valence-corrected chi connectivity index (χ3v) is 3.71. The van der Waals surface area contributed by atoms with E-state index in [4.69, 9.17) is 4.74 Å². The second-order valence-corrected chi connectivity index (χ2v) is 6.02. The lowest BCUT2D eigenvalue weighted by molar-refractivity contribution is -0.274. The van der Waals surface area contributed by atoms with Crippen LogP contribution in [0.2, 0.25) is 0 Å². The number of hydrogen-bond acceptors (Lipinski definition) is 4. The minimum absolute atomic E-state index is 0.0192. The summed E-state index contributed by atoms with van der Waals surface area (Å²) >= 11 is 0. The van der Waals surface area contributed by atoms with Crippen molar-refractivity contribution in [2.24, 2.45) is 0 Å². The summed E-state index contributed by atoms with van der Waals surface area (Å²) in [6, 6.07) is 12.6. The molecule has 0 atom stereocenters. The predicted molar refractivity (Wildman–Crippen MR) is 99.4 cm³/mol. The van der Waals surface area contributed by atoms with Gasteiger partial charge in [-0.15, -0.1) is 13.2 Å². The first kappa shape index (κ1) is 20.0. The standard InChI is InChI=1S/C20H15F3N2O4/c1-12-2-4-14(5-3-12)28-17-7-6-15(29-20(21,22)23)11-16(17)19(27)25-13-8-9-24-18(26)10-13/h2-11H,1H3,(H2,24,25,26,27). The maximum Gasteiger partial charge on any atom is 0.573 e. The molecule has 1 aromatic heterocycles. The van der Waals surface area contributed by atoms with E-state index in [1.807, 2.05) is 6.92 Å². The van der Waals surface area contributed by atoms with Crippen molar-refractivity contribution in [3.05, 3.63) is 82.3 Å². The zero-order valence-corrected chi connectivity index (χ0v) is 15.0. The predicted octanol–water partition coefficient (Wildman–Crippen LogP) is 4.63. The molecule has 3 rings (SSSR count). The van der Waals surface area contributed by atoms with Crippen molar-refractivity contribution in [2.45, 2.75) is 13.3 Å². The third-order valence-electron chi connectivity index (χ3n) is 3.71. The Hall–Kier alpha value is -3.75. The van der Waals surface area contributed by atoms with Crippen molar-refractivity contribution < 1.29 is 27.4 Å². The highest BCUT2D eigenvalue weighted by Crippen LogP contribution is 2.32. The second-order valence-electron chi connectivity index (χ2n) is 6.02. The molecule has 0 aliphatic heterocycles. The van der Waals surface area contributed by atoms with Gasteiger partial charge in [0, 0.05) is 18.0 Å². The number of anilines is 1. The number of benzene rings is 2. The number of aromatic amines is 1. The van der Waals surface area contributed by atoms with Crippen LogP contribution in [0.15, 0.2) is 65.6 Å². The van der Waals surface area contributed by atoms with Gasteiger partial charge in [0.15, 0.2) is 0 Å². The molecule has 0 spiro atoms. The van der Waals surface area contributed by atoms with Gasteiger partial charge in [-0.3, -0.25) is 9.59 Å². The van der Waals surface area contributed by atoms with Crippen LogP contribution in [-0.2, 0) is 0 Å². The molecule has 1 heterocycles. The Labute approximate surface area is 162 Å². The number of carbonyl (C=O) groups excluding carboxylic acids is 1. The average Bonchev–Trinajstić information content (AvgIpc) is 2.63. The van der Waals surface area contributed by atoms with Gasteiger partial charge in [-0.2, -0.15) is 0 Å². The van der Waals surface area contributed by atoms with Crippen molar-refractivity contribution in [1.82, 2.24) is 4.98 Å². The van der Waals surface area contributed by atoms with E-state index in [1.165, 1.54) is 18.3 Å². The highest BCUT2D eigenvalue weighted by molar-refractivity contribution is 6.06. The first-order valence-corrected chi connectivity index (χ1v) is 8.34. The maximum atomic E-state index is 12.7. The van der Waals surface area contributed by atoms with E-state index in [0.717, 1.165) is 23.8 Å². The second kappa shape index (κ2) is 8.09. The first-order chi connectivity index (χ1) is 13.7. The monoisotopic (exact) mass is 404 g/mol. The zero-order chi connectivity index (χ0) is 21.0. The Balaban J connectivity index is 1.95. The minimum Gasteiger partial charge on any atom is -0.457 e. The summed E-state index contributed by atoms with van der Waals surface area (Å²) < 4.78 is 47.2. The topological polar surface area (TPSA) is 80.4 Å². The van der Waals surface area contributed by atoms with Crippen LogP contribution in [0.3, 0.4) is 0 Å². The summed E-state index contributed by atoms with van der Waals surface area (Å²) in [7, 11) is 0. The van der Waals surface area contributed by atoms with E-state index in [2.05, 4.69) is 15.0 Å². The van der Waals surface area contributed by atoms with Crippen LogP contribution in [0.5, 0.6) is 17.2 Å². The van der Waals surface area contributed by atoms with Gasteiger partial charge in [0.2, 0.25) is 5.56 Å². The number of H-pyrrole nitrogens is 1. The van der Waals surface area contributed by atoms with E-state index in [1.54, 1.807) is 24.3 Å². The van der Waals surface area contributed by atoms with Crippen molar-refractivity contribution in [1.29, 1.82) is 0 Å². The van der Waals surface area contributed by atoms with E-state index in [9.17, 15) is 22.8 Å². The Bertz CT molecular complexity index is 1080. The number of halogens is 3. The molecule has 0 bridgehead atoms. The number of hydrogen-bond donors (Lipinski definition) is 2. The first-order valence-electron chi connectivity index (χ1n) is 8.34. The molecule has 0 saturated carbocycles. The molecule has 29 heavy (non-hydrogen) atoms. The molecule has 0 radical (unpaired) electrons. The Morgan fingerprint density at radius 1 is 1.00 bits per heavy atom. The number of rotatable bonds is 5. The van der Waals surface area contributed by atoms with Crippen molar-refractivity contribution in [3.63, 3.8) is 0 Å². The highest BCUT2D eigenvalue weighted by Gasteiger charge is 2.31. The summed E-state index contributed by atoms with van der Waals surface area (Å²) in [6.45, 7) is 1.88. The van der Waals surface area contributed by atoms with Crippen LogP contribution >= 0.6 is 0 Å². The van der Waals surface area contributed by atoms with Crippen molar-refractivity contribution >= 4 is 11.6 Å². The molecule has 0 fully saturated rings. The summed E-state index contributed by atoms with van der Waals surface area (Å²) in [5.41, 5.74) is 0.501. The van der Waals surface area contributed by atoms with Crippen LogP contribution in [0.25, 0.3) is 0 Å². The molecule has 9 heteroatoms. The number of amides is 1. The smallest absolute Gasteiger partial charge is 0.457 e. The normalized spacial score (nSPS) is 11.0. The van der Waals surface area contributed by atoms with Gasteiger partial charge in [-0.1, -0.05) is 17.7 Å². The summed E-state index contributed by atoms with van der Waals surface area (Å²) in [5.74, 6) is -0.939. The van der Waals surface area contributed by atoms with Crippen molar-refractivity contribution in [2.75, 3.05) is 5.32 Å². The van der Waals surface area contributed by atoms with Gasteiger partial charge in [0.05, 0.1) is 5.56 Å². The molecular weight excluding hydrogens is 389 g/mol. The lowest BCUT2D eigenvalue weighted by Crippen LogP contribution is -2.18. The van der Waals surface area contributed by atoms with Crippen LogP contribution in [0, 0.1) is 6.92 Å². The Kier molecular flexibility index (Phi) is 5.58. The van der Waals surface area contributed by atoms with Gasteiger partial charge in [-0.05, 0) is 43.3 Å². The highest BCUT2D eigenvalue weighted by atomic mass is 19.4. The van der Waals surface area contributed by atoms with Crippen LogP contribution in [0.4, 0.5) is 18.9 Å². The van der Waals surface area contributed by atoms with E-state index >= 15 is 0 Å². The molecule has 0 aliphatic carbocycles. The minimum atomic E-state index is -4.92. The number of nitrogens with one attached hydrogen (secondary N) is 2. The third kappa shape index (κ3) is 5.61. The van der Waals surface area contributed by atoms with Crippen molar-refractivity contribution in [3.8, 4) is 17.2 Å². The van der Waals surface area contributed by atoms with Gasteiger partial charge >= 0.3 is 6.36 Å². The quantitative estimate of drug-likeness (QED) is 0.650. The Morgan fingerprint density at radius 3 is 2.34 bits per heavy atom. The van der Waals surface area contributed by atoms with Crippen LogP contribution in [-0.4, -0.2) is 17.3 Å². The molecular formula is C20H15F3N2O4. The SMILES string of the molecule is Cc1ccc(Oc2ccc(OC(F)(F)F)cc2C(=O)Nc2cc[nH]c(=O)c2)cc1. The number of aryl methyl sites for hydroxylation is 1. The van der Waals surface area contributed by atoms with Crippen LogP contribution in [0.1, 0.15) is 15.9 Å². The van der Waals surface area contributed by atoms with Crippen LogP contribution < -0.4 is 20.3 Å². The summed E-state index contributed by atoms with van der Waals surface area (Å²) in [6.07, 6.45) is -3.59. The summed E-state index contributed by atoms with van der Waals surface area (Å²) in [4.78, 5) is 26.4.